The van der Waals surface area contributed by atoms with E-state index in [0.717, 1.165) is 36.1 Å². The van der Waals surface area contributed by atoms with Crippen LogP contribution in [0, 0.1) is 12.8 Å². The number of hydrogen-bond acceptors (Lipinski definition) is 3. The van der Waals surface area contributed by atoms with E-state index in [-0.39, 0.29) is 0 Å². The van der Waals surface area contributed by atoms with Crippen molar-refractivity contribution >= 4 is 11.5 Å². The predicted octanol–water partition coefficient (Wildman–Crippen LogP) is 3.37. The van der Waals surface area contributed by atoms with Gasteiger partial charge in [0.2, 0.25) is 0 Å². The molecule has 0 spiro atoms. The van der Waals surface area contributed by atoms with Gasteiger partial charge in [-0.25, -0.2) is 4.98 Å². The molecule has 1 saturated carbocycles. The molecule has 1 fully saturated rings. The highest BCUT2D eigenvalue weighted by Crippen LogP contribution is 2.33. The van der Waals surface area contributed by atoms with Crippen LogP contribution in [0.4, 0.5) is 5.82 Å². The third kappa shape index (κ3) is 2.98. The molecule has 0 N–H and O–H groups in total. The van der Waals surface area contributed by atoms with Crippen LogP contribution in [-0.2, 0) is 6.54 Å². The van der Waals surface area contributed by atoms with Gasteiger partial charge in [0.05, 0.1) is 12.2 Å². The Labute approximate surface area is 142 Å². The smallest absolute Gasteiger partial charge is 0.181 e. The Balaban J connectivity index is 1.55. The minimum atomic E-state index is 0.632. The second-order valence-corrected chi connectivity index (χ2v) is 6.68. The number of aromatic nitrogens is 3. The van der Waals surface area contributed by atoms with Crippen molar-refractivity contribution in [2.24, 2.45) is 5.92 Å². The summed E-state index contributed by atoms with van der Waals surface area (Å²) in [5.74, 6) is 2.87. The van der Waals surface area contributed by atoms with E-state index in [1.54, 1.807) is 0 Å². The average molecular weight is 324 g/mol. The summed E-state index contributed by atoms with van der Waals surface area (Å²) < 4.78 is 10.3. The Morgan fingerprint density at radius 2 is 2.00 bits per heavy atom. The minimum Gasteiger partial charge on any atom is -0.488 e. The number of ether oxygens (including phenoxy) is 1. The van der Waals surface area contributed by atoms with Crippen LogP contribution in [0.15, 0.2) is 42.9 Å². The maximum Gasteiger partial charge on any atom is 0.181 e. The molecule has 126 valence electrons. The van der Waals surface area contributed by atoms with Crippen molar-refractivity contribution in [1.29, 1.82) is 0 Å². The first-order valence-corrected chi connectivity index (χ1v) is 8.65. The standard InChI is InChI=1S/C19H24N4O/c1-15-19(21(2)14-16-7-8-16)23-11-5-6-17(18(23)20-15)24-13-12-22-9-3-4-10-22/h3-6,9-11,16H,7-8,12-14H2,1-2H3. The van der Waals surface area contributed by atoms with Crippen LogP contribution in [0.1, 0.15) is 18.5 Å². The van der Waals surface area contributed by atoms with Crippen LogP contribution >= 0.6 is 0 Å². The molecular formula is C19H24N4O. The topological polar surface area (TPSA) is 34.7 Å². The lowest BCUT2D eigenvalue weighted by molar-refractivity contribution is 0.300. The first kappa shape index (κ1) is 15.1. The van der Waals surface area contributed by atoms with Crippen molar-refractivity contribution in [1.82, 2.24) is 14.0 Å². The van der Waals surface area contributed by atoms with Gasteiger partial charge in [0.25, 0.3) is 0 Å². The van der Waals surface area contributed by atoms with E-state index >= 15 is 0 Å². The van der Waals surface area contributed by atoms with E-state index in [9.17, 15) is 0 Å². The molecule has 0 aromatic carbocycles. The Morgan fingerprint density at radius 1 is 1.21 bits per heavy atom. The van der Waals surface area contributed by atoms with Crippen LogP contribution in [0.25, 0.3) is 5.65 Å². The fourth-order valence-electron chi connectivity index (χ4n) is 3.27. The van der Waals surface area contributed by atoms with E-state index in [1.807, 2.05) is 24.3 Å². The van der Waals surface area contributed by atoms with Gasteiger partial charge < -0.3 is 14.2 Å². The molecule has 0 aliphatic heterocycles. The summed E-state index contributed by atoms with van der Waals surface area (Å²) in [6.07, 6.45) is 8.89. The van der Waals surface area contributed by atoms with Crippen LogP contribution in [0.2, 0.25) is 0 Å². The fraction of sp³-hybridized carbons (Fsp3) is 0.421. The highest BCUT2D eigenvalue weighted by atomic mass is 16.5. The van der Waals surface area contributed by atoms with Crippen LogP contribution in [0.3, 0.4) is 0 Å². The molecule has 0 saturated heterocycles. The summed E-state index contributed by atoms with van der Waals surface area (Å²) in [7, 11) is 2.16. The molecule has 3 heterocycles. The summed E-state index contributed by atoms with van der Waals surface area (Å²) >= 11 is 0. The highest BCUT2D eigenvalue weighted by molar-refractivity contribution is 5.63. The van der Waals surface area contributed by atoms with E-state index < -0.39 is 0 Å². The number of pyridine rings is 1. The molecule has 0 amide bonds. The molecule has 0 radical (unpaired) electrons. The van der Waals surface area contributed by atoms with E-state index in [0.29, 0.717) is 6.61 Å². The Hall–Kier alpha value is -2.43. The summed E-state index contributed by atoms with van der Waals surface area (Å²) in [6.45, 7) is 4.65. The minimum absolute atomic E-state index is 0.632. The molecule has 4 rings (SSSR count). The van der Waals surface area contributed by atoms with Gasteiger partial charge in [0.15, 0.2) is 11.4 Å². The third-order valence-corrected chi connectivity index (χ3v) is 4.62. The quantitative estimate of drug-likeness (QED) is 0.668. The number of anilines is 1. The van der Waals surface area contributed by atoms with Crippen LogP contribution in [-0.4, -0.2) is 34.2 Å². The largest absolute Gasteiger partial charge is 0.488 e. The lowest BCUT2D eigenvalue weighted by atomic mass is 10.3. The molecule has 0 atom stereocenters. The van der Waals surface area contributed by atoms with Gasteiger partial charge in [0.1, 0.15) is 12.4 Å². The maximum atomic E-state index is 6.01. The van der Waals surface area contributed by atoms with Gasteiger partial charge >= 0.3 is 0 Å². The van der Waals surface area contributed by atoms with Crippen LogP contribution < -0.4 is 9.64 Å². The molecule has 0 unspecified atom stereocenters. The summed E-state index contributed by atoms with van der Waals surface area (Å²) in [6, 6.07) is 8.09. The van der Waals surface area contributed by atoms with Crippen molar-refractivity contribution in [3.8, 4) is 5.75 Å². The van der Waals surface area contributed by atoms with Crippen molar-refractivity contribution in [2.45, 2.75) is 26.3 Å². The molecule has 5 heteroatoms. The van der Waals surface area contributed by atoms with Crippen molar-refractivity contribution in [2.75, 3.05) is 25.1 Å². The third-order valence-electron chi connectivity index (χ3n) is 4.62. The number of hydrogen-bond donors (Lipinski definition) is 0. The van der Waals surface area contributed by atoms with Crippen LogP contribution in [0.5, 0.6) is 5.75 Å². The van der Waals surface area contributed by atoms with Gasteiger partial charge in [-0.2, -0.15) is 0 Å². The predicted molar refractivity (Wildman–Crippen MR) is 95.9 cm³/mol. The number of aryl methyl sites for hydroxylation is 1. The van der Waals surface area contributed by atoms with Gasteiger partial charge in [-0.05, 0) is 49.9 Å². The molecule has 5 nitrogen and oxygen atoms in total. The number of imidazole rings is 1. The lowest BCUT2D eigenvalue weighted by Crippen LogP contribution is -2.22. The Kier molecular flexibility index (Phi) is 3.92. The first-order valence-electron chi connectivity index (χ1n) is 8.65. The average Bonchev–Trinajstić information content (AvgIpc) is 3.09. The Morgan fingerprint density at radius 3 is 2.75 bits per heavy atom. The number of rotatable bonds is 7. The molecule has 0 bridgehead atoms. The monoisotopic (exact) mass is 324 g/mol. The number of nitrogens with zero attached hydrogens (tertiary/aromatic N) is 4. The lowest BCUT2D eigenvalue weighted by Gasteiger charge is -2.19. The molecule has 3 aromatic heterocycles. The van der Waals surface area contributed by atoms with Crippen molar-refractivity contribution in [3.05, 3.63) is 48.5 Å². The van der Waals surface area contributed by atoms with Gasteiger partial charge in [-0.15, -0.1) is 0 Å². The Bertz CT molecular complexity index is 817. The summed E-state index contributed by atoms with van der Waals surface area (Å²) in [4.78, 5) is 7.10. The molecule has 1 aliphatic carbocycles. The van der Waals surface area contributed by atoms with Gasteiger partial charge in [0, 0.05) is 32.2 Å². The molecule has 1 aliphatic rings. The zero-order valence-corrected chi connectivity index (χ0v) is 14.4. The fourth-order valence-corrected chi connectivity index (χ4v) is 3.27. The highest BCUT2D eigenvalue weighted by Gasteiger charge is 2.25. The zero-order valence-electron chi connectivity index (χ0n) is 14.4. The van der Waals surface area contributed by atoms with Gasteiger partial charge in [-0.3, -0.25) is 4.40 Å². The maximum absolute atomic E-state index is 6.01. The molecule has 3 aromatic rings. The van der Waals surface area contributed by atoms with Crippen molar-refractivity contribution in [3.63, 3.8) is 0 Å². The second kappa shape index (κ2) is 6.23. The first-order chi connectivity index (χ1) is 11.7. The summed E-state index contributed by atoms with van der Waals surface area (Å²) in [5.41, 5.74) is 1.96. The molecular weight excluding hydrogens is 300 g/mol. The van der Waals surface area contributed by atoms with E-state index in [4.69, 9.17) is 9.72 Å². The number of fused-ring (bicyclic) bond motifs is 1. The van der Waals surface area contributed by atoms with E-state index in [2.05, 4.69) is 46.4 Å². The summed E-state index contributed by atoms with van der Waals surface area (Å²) in [5, 5.41) is 0. The second-order valence-electron chi connectivity index (χ2n) is 6.68. The zero-order chi connectivity index (χ0) is 16.5. The molecule has 24 heavy (non-hydrogen) atoms. The van der Waals surface area contributed by atoms with Gasteiger partial charge in [-0.1, -0.05) is 0 Å². The van der Waals surface area contributed by atoms with E-state index in [1.165, 1.54) is 18.7 Å². The normalized spacial score (nSPS) is 14.2. The van der Waals surface area contributed by atoms with Crippen molar-refractivity contribution < 1.29 is 4.74 Å². The SMILES string of the molecule is Cc1nc2c(OCCn3cccc3)cccn2c1N(C)CC1CC1.